The molecule has 1 aromatic heterocycles. The van der Waals surface area contributed by atoms with Gasteiger partial charge in [-0.3, -0.25) is 4.57 Å². The fourth-order valence-corrected chi connectivity index (χ4v) is 4.62. The Morgan fingerprint density at radius 2 is 1.33 bits per heavy atom. The first-order valence-electron chi connectivity index (χ1n) is 12.5. The van der Waals surface area contributed by atoms with Crippen LogP contribution in [0.25, 0.3) is 10.9 Å². The van der Waals surface area contributed by atoms with Crippen molar-refractivity contribution < 1.29 is 28.1 Å². The van der Waals surface area contributed by atoms with Crippen LogP contribution in [0.15, 0.2) is 24.4 Å². The summed E-state index contributed by atoms with van der Waals surface area (Å²) in [6.07, 6.45) is 1.29. The molecule has 0 spiro atoms. The Bertz CT molecular complexity index is 1120. The molecule has 1 aromatic carbocycles. The fourth-order valence-electron chi connectivity index (χ4n) is 4.45. The second kappa shape index (κ2) is 8.50. The molecule has 0 N–H and O–H groups in total. The number of carbonyl (C=O) groups excluding carboxylic acids is 1. The van der Waals surface area contributed by atoms with Crippen LogP contribution in [0.1, 0.15) is 87.4 Å². The molecule has 2 aliphatic rings. The Kier molecular flexibility index (Phi) is 6.50. The van der Waals surface area contributed by atoms with E-state index in [0.29, 0.717) is 10.5 Å². The van der Waals surface area contributed by atoms with E-state index in [0.717, 1.165) is 10.9 Å². The molecule has 196 valence electrons. The Hall–Kier alpha value is -1.51. The highest BCUT2D eigenvalue weighted by molar-refractivity contribution is 6.68. The smallest absolute Gasteiger partial charge is 0.443 e. The molecule has 0 aliphatic carbocycles. The van der Waals surface area contributed by atoms with E-state index in [-0.39, 0.29) is 0 Å². The summed E-state index contributed by atoms with van der Waals surface area (Å²) in [6.45, 7) is 21.6. The van der Waals surface area contributed by atoms with Gasteiger partial charge in [-0.25, -0.2) is 4.79 Å². The molecular formula is C26H38B2ClNO6. The third-order valence-electron chi connectivity index (χ3n) is 7.88. The van der Waals surface area contributed by atoms with Gasteiger partial charge in [0.15, 0.2) is 0 Å². The van der Waals surface area contributed by atoms with Crippen molar-refractivity contribution in [2.45, 2.75) is 110 Å². The van der Waals surface area contributed by atoms with Gasteiger partial charge >= 0.3 is 20.3 Å². The zero-order chi connectivity index (χ0) is 27.1. The van der Waals surface area contributed by atoms with Crippen LogP contribution in [0.5, 0.6) is 0 Å². The Balaban J connectivity index is 1.90. The number of rotatable bonds is 3. The van der Waals surface area contributed by atoms with Gasteiger partial charge in [0.05, 0.1) is 33.6 Å². The maximum absolute atomic E-state index is 13.2. The quantitative estimate of drug-likeness (QED) is 0.438. The molecule has 10 heteroatoms. The molecule has 36 heavy (non-hydrogen) atoms. The average Bonchev–Trinajstić information content (AvgIpc) is 3.21. The first kappa shape index (κ1) is 27.5. The normalized spacial score (nSPS) is 22.6. The molecule has 0 radical (unpaired) electrons. The molecule has 0 atom stereocenters. The standard InChI is InChI=1S/C26H38B2ClNO6/c1-22(2,3)32-21(31)30-15-18(17-14-16(29)12-13-19(17)30)20(27-33-23(4,5)24(6,7)34-27)28-35-25(8,9)26(10,11)36-28/h12-15,20H,1-11H3. The molecular weight excluding hydrogens is 479 g/mol. The topological polar surface area (TPSA) is 68.2 Å². The highest BCUT2D eigenvalue weighted by atomic mass is 35.5. The number of nitrogens with zero attached hydrogens (tertiary/aromatic N) is 1. The van der Waals surface area contributed by atoms with E-state index in [2.05, 4.69) is 0 Å². The molecule has 7 nitrogen and oxygen atoms in total. The number of fused-ring (bicyclic) bond motifs is 1. The van der Waals surface area contributed by atoms with E-state index in [1.54, 1.807) is 12.3 Å². The number of carbonyl (C=O) groups is 1. The summed E-state index contributed by atoms with van der Waals surface area (Å²) in [7, 11) is -1.39. The summed E-state index contributed by atoms with van der Waals surface area (Å²) in [6, 6.07) is 5.42. The van der Waals surface area contributed by atoms with E-state index >= 15 is 0 Å². The zero-order valence-corrected chi connectivity index (χ0v) is 24.1. The molecule has 0 saturated carbocycles. The molecule has 2 aliphatic heterocycles. The fraction of sp³-hybridized carbons (Fsp3) is 0.654. The van der Waals surface area contributed by atoms with Crippen LogP contribution in [0.2, 0.25) is 5.02 Å². The first-order chi connectivity index (χ1) is 16.2. The zero-order valence-electron chi connectivity index (χ0n) is 23.3. The third kappa shape index (κ3) is 4.73. The number of halogens is 1. The Labute approximate surface area is 220 Å². The van der Waals surface area contributed by atoms with E-state index < -0.39 is 54.1 Å². The summed E-state index contributed by atoms with van der Waals surface area (Å²) < 4.78 is 33.3. The number of benzene rings is 1. The minimum atomic E-state index is -0.693. The summed E-state index contributed by atoms with van der Waals surface area (Å²) >= 11 is 6.44. The van der Waals surface area contributed by atoms with Crippen LogP contribution in [0.3, 0.4) is 0 Å². The monoisotopic (exact) mass is 517 g/mol. The maximum atomic E-state index is 13.2. The predicted molar refractivity (Wildman–Crippen MR) is 143 cm³/mol. The van der Waals surface area contributed by atoms with Crippen LogP contribution >= 0.6 is 11.6 Å². The third-order valence-corrected chi connectivity index (χ3v) is 8.11. The lowest BCUT2D eigenvalue weighted by Gasteiger charge is -2.32. The molecule has 0 amide bonds. The van der Waals surface area contributed by atoms with Crippen molar-refractivity contribution in [3.63, 3.8) is 0 Å². The van der Waals surface area contributed by atoms with Crippen molar-refractivity contribution in [3.8, 4) is 0 Å². The van der Waals surface area contributed by atoms with Crippen molar-refractivity contribution in [3.05, 3.63) is 35.0 Å². The van der Waals surface area contributed by atoms with E-state index in [4.69, 9.17) is 35.0 Å². The van der Waals surface area contributed by atoms with Crippen LogP contribution in [-0.2, 0) is 23.4 Å². The SMILES string of the molecule is CC(C)(C)OC(=O)n1cc(C(B2OC(C)(C)C(C)(C)O2)B2OC(C)(C)C(C)(C)O2)c2cc(Cl)ccc21. The average molecular weight is 518 g/mol. The van der Waals surface area contributed by atoms with Gasteiger partial charge < -0.3 is 23.4 Å². The molecule has 0 unspecified atom stereocenters. The van der Waals surface area contributed by atoms with Crippen molar-refractivity contribution in [2.24, 2.45) is 0 Å². The van der Waals surface area contributed by atoms with E-state index in [9.17, 15) is 4.79 Å². The maximum Gasteiger partial charge on any atom is 0.463 e. The Morgan fingerprint density at radius 1 is 0.889 bits per heavy atom. The Morgan fingerprint density at radius 3 is 1.75 bits per heavy atom. The molecule has 2 aromatic rings. The highest BCUT2D eigenvalue weighted by Gasteiger charge is 2.62. The molecule has 2 saturated heterocycles. The van der Waals surface area contributed by atoms with Crippen molar-refractivity contribution >= 4 is 42.8 Å². The van der Waals surface area contributed by atoms with Gasteiger partial charge in [-0.1, -0.05) is 11.6 Å². The van der Waals surface area contributed by atoms with Gasteiger partial charge in [0.2, 0.25) is 0 Å². The predicted octanol–water partition coefficient (Wildman–Crippen LogP) is 6.42. The minimum Gasteiger partial charge on any atom is -0.443 e. The summed E-state index contributed by atoms with van der Waals surface area (Å²) in [5, 5.41) is 1.33. The summed E-state index contributed by atoms with van der Waals surface area (Å²) in [5.74, 6) is 0. The van der Waals surface area contributed by atoms with Crippen LogP contribution in [0.4, 0.5) is 4.79 Å². The lowest BCUT2D eigenvalue weighted by atomic mass is 9.49. The van der Waals surface area contributed by atoms with E-state index in [1.165, 1.54) is 4.57 Å². The van der Waals surface area contributed by atoms with Gasteiger partial charge in [0, 0.05) is 16.6 Å². The van der Waals surface area contributed by atoms with Gasteiger partial charge in [-0.15, -0.1) is 0 Å². The van der Waals surface area contributed by atoms with Gasteiger partial charge in [-0.05, 0) is 99.9 Å². The lowest BCUT2D eigenvalue weighted by molar-refractivity contribution is 0.00578. The largest absolute Gasteiger partial charge is 0.463 e. The molecule has 2 fully saturated rings. The van der Waals surface area contributed by atoms with Gasteiger partial charge in [0.25, 0.3) is 0 Å². The second-order valence-corrected chi connectivity index (χ2v) is 13.3. The van der Waals surface area contributed by atoms with Gasteiger partial charge in [0.1, 0.15) is 5.60 Å². The van der Waals surface area contributed by atoms with Gasteiger partial charge in [-0.2, -0.15) is 0 Å². The summed E-state index contributed by atoms with van der Waals surface area (Å²) in [5.41, 5.74) is -2.01. The van der Waals surface area contributed by atoms with Crippen LogP contribution < -0.4 is 0 Å². The lowest BCUT2D eigenvalue weighted by Crippen LogP contribution is -2.41. The van der Waals surface area contributed by atoms with Crippen LogP contribution in [-0.4, -0.2) is 52.9 Å². The molecule has 3 heterocycles. The van der Waals surface area contributed by atoms with Crippen LogP contribution in [0, 0.1) is 0 Å². The number of ether oxygens (including phenoxy) is 1. The molecule has 0 bridgehead atoms. The highest BCUT2D eigenvalue weighted by Crippen LogP contribution is 2.47. The summed E-state index contributed by atoms with van der Waals surface area (Å²) in [4.78, 5) is 13.2. The molecule has 4 rings (SSSR count). The number of aromatic nitrogens is 1. The van der Waals surface area contributed by atoms with Crippen molar-refractivity contribution in [1.82, 2.24) is 4.57 Å². The van der Waals surface area contributed by atoms with Crippen molar-refractivity contribution in [2.75, 3.05) is 0 Å². The van der Waals surface area contributed by atoms with Crippen molar-refractivity contribution in [1.29, 1.82) is 0 Å². The number of hydrogen-bond acceptors (Lipinski definition) is 6. The number of hydrogen-bond donors (Lipinski definition) is 0. The van der Waals surface area contributed by atoms with E-state index in [1.807, 2.05) is 88.3 Å². The second-order valence-electron chi connectivity index (χ2n) is 12.9. The minimum absolute atomic E-state index is 0.484. The first-order valence-corrected chi connectivity index (χ1v) is 12.9.